The van der Waals surface area contributed by atoms with Gasteiger partial charge in [0.05, 0.1) is 0 Å². The molecule has 1 aromatic carbocycles. The minimum Gasteiger partial charge on any atom is -0.366 e. The Hall–Kier alpha value is -1.88. The van der Waals surface area contributed by atoms with Crippen molar-refractivity contribution in [1.82, 2.24) is 9.97 Å². The van der Waals surface area contributed by atoms with Crippen LogP contribution in [0.4, 0.5) is 0 Å². The van der Waals surface area contributed by atoms with Crippen molar-refractivity contribution in [3.8, 4) is 0 Å². The van der Waals surface area contributed by atoms with Gasteiger partial charge in [-0.25, -0.2) is 9.97 Å². The van der Waals surface area contributed by atoms with E-state index in [4.69, 9.17) is 5.73 Å². The van der Waals surface area contributed by atoms with Crippen LogP contribution >= 0.6 is 11.8 Å². The highest BCUT2D eigenvalue weighted by atomic mass is 32.2. The summed E-state index contributed by atoms with van der Waals surface area (Å²) in [6, 6.07) is 7.29. The lowest BCUT2D eigenvalue weighted by molar-refractivity contribution is 0.100. The zero-order chi connectivity index (χ0) is 14.7. The third kappa shape index (κ3) is 3.36. The van der Waals surface area contributed by atoms with Crippen molar-refractivity contribution in [2.24, 2.45) is 5.73 Å². The predicted molar refractivity (Wildman–Crippen MR) is 80.8 cm³/mol. The lowest BCUT2D eigenvalue weighted by atomic mass is 10.1. The summed E-state index contributed by atoms with van der Waals surface area (Å²) in [5.41, 5.74) is 10.0. The van der Waals surface area contributed by atoms with E-state index >= 15 is 0 Å². The predicted octanol–water partition coefficient (Wildman–Crippen LogP) is 2.79. The van der Waals surface area contributed by atoms with Gasteiger partial charge in [0.2, 0.25) is 5.91 Å². The summed E-state index contributed by atoms with van der Waals surface area (Å²) >= 11 is 1.59. The molecule has 1 amide bonds. The average molecular weight is 287 g/mol. The van der Waals surface area contributed by atoms with Crippen LogP contribution in [0.3, 0.4) is 0 Å². The smallest absolute Gasteiger partial charge is 0.248 e. The Balaban J connectivity index is 2.07. The maximum atomic E-state index is 11.0. The van der Waals surface area contributed by atoms with Gasteiger partial charge in [0.15, 0.2) is 5.16 Å². The van der Waals surface area contributed by atoms with Gasteiger partial charge >= 0.3 is 0 Å². The number of benzene rings is 1. The van der Waals surface area contributed by atoms with Gasteiger partial charge in [-0.3, -0.25) is 4.79 Å². The fraction of sp³-hybridized carbons (Fsp3) is 0.267. The van der Waals surface area contributed by atoms with Crippen molar-refractivity contribution >= 4 is 17.7 Å². The molecule has 1 heterocycles. The summed E-state index contributed by atoms with van der Waals surface area (Å²) < 4.78 is 0. The maximum Gasteiger partial charge on any atom is 0.248 e. The Morgan fingerprint density at radius 3 is 2.15 bits per heavy atom. The van der Waals surface area contributed by atoms with E-state index in [1.165, 1.54) is 0 Å². The first-order chi connectivity index (χ1) is 9.47. The molecular weight excluding hydrogens is 270 g/mol. The summed E-state index contributed by atoms with van der Waals surface area (Å²) in [5, 5.41) is 0.782. The second kappa shape index (κ2) is 6.05. The van der Waals surface area contributed by atoms with Crippen LogP contribution < -0.4 is 5.73 Å². The molecule has 0 fully saturated rings. The van der Waals surface area contributed by atoms with Gasteiger partial charge in [-0.1, -0.05) is 23.9 Å². The summed E-state index contributed by atoms with van der Waals surface area (Å²) in [4.78, 5) is 19.9. The molecule has 0 unspecified atom stereocenters. The quantitative estimate of drug-likeness (QED) is 0.693. The highest BCUT2D eigenvalue weighted by Crippen LogP contribution is 2.21. The summed E-state index contributed by atoms with van der Waals surface area (Å²) in [5.74, 6) is 0.360. The van der Waals surface area contributed by atoms with Crippen LogP contribution in [0, 0.1) is 20.8 Å². The number of aromatic nitrogens is 2. The van der Waals surface area contributed by atoms with Crippen LogP contribution in [0.25, 0.3) is 0 Å². The number of primary amides is 1. The number of carbonyl (C=O) groups excluding carboxylic acids is 1. The number of nitrogens with two attached hydrogens (primary N) is 1. The van der Waals surface area contributed by atoms with Crippen molar-refractivity contribution in [2.75, 3.05) is 0 Å². The zero-order valence-corrected chi connectivity index (χ0v) is 12.6. The van der Waals surface area contributed by atoms with Crippen LogP contribution in [0.15, 0.2) is 29.4 Å². The number of thioether (sulfide) groups is 1. The molecule has 2 rings (SSSR count). The van der Waals surface area contributed by atoms with Crippen molar-refractivity contribution < 1.29 is 4.79 Å². The zero-order valence-electron chi connectivity index (χ0n) is 11.8. The summed E-state index contributed by atoms with van der Waals surface area (Å²) in [6.07, 6.45) is 0. The van der Waals surface area contributed by atoms with Gasteiger partial charge in [0.25, 0.3) is 0 Å². The number of amides is 1. The van der Waals surface area contributed by atoms with Crippen molar-refractivity contribution in [3.63, 3.8) is 0 Å². The van der Waals surface area contributed by atoms with Gasteiger partial charge in [-0.15, -0.1) is 0 Å². The Morgan fingerprint density at radius 1 is 1.10 bits per heavy atom. The van der Waals surface area contributed by atoms with E-state index < -0.39 is 5.91 Å². The molecule has 0 aliphatic rings. The minimum absolute atomic E-state index is 0.405. The third-order valence-corrected chi connectivity index (χ3v) is 4.14. The molecule has 0 bridgehead atoms. The molecule has 0 aliphatic carbocycles. The monoisotopic (exact) mass is 287 g/mol. The first-order valence-corrected chi connectivity index (χ1v) is 7.29. The van der Waals surface area contributed by atoms with Crippen LogP contribution in [-0.4, -0.2) is 15.9 Å². The molecule has 5 heteroatoms. The second-order valence-corrected chi connectivity index (χ2v) is 5.59. The molecule has 20 heavy (non-hydrogen) atoms. The number of hydrogen-bond donors (Lipinski definition) is 1. The molecular formula is C15H17N3OS. The van der Waals surface area contributed by atoms with Crippen molar-refractivity contribution in [3.05, 3.63) is 52.3 Å². The molecule has 104 valence electrons. The van der Waals surface area contributed by atoms with Crippen molar-refractivity contribution in [2.45, 2.75) is 31.7 Å². The number of aryl methyl sites for hydroxylation is 2. The molecule has 0 saturated heterocycles. The second-order valence-electron chi connectivity index (χ2n) is 4.65. The number of nitrogens with zero attached hydrogens (tertiary/aromatic N) is 2. The number of hydrogen-bond acceptors (Lipinski definition) is 4. The van der Waals surface area contributed by atoms with Crippen LogP contribution in [0.5, 0.6) is 0 Å². The standard InChI is InChI=1S/C15H17N3OS/c1-9-10(2)17-15(18-11(9)3)20-8-12-4-6-13(7-5-12)14(16)19/h4-7H,8H2,1-3H3,(H2,16,19). The average Bonchev–Trinajstić information content (AvgIpc) is 2.42. The Kier molecular flexibility index (Phi) is 4.39. The molecule has 2 aromatic rings. The Bertz CT molecular complexity index is 615. The lowest BCUT2D eigenvalue weighted by Crippen LogP contribution is -2.10. The molecule has 4 nitrogen and oxygen atoms in total. The molecule has 0 radical (unpaired) electrons. The molecule has 0 aliphatic heterocycles. The van der Waals surface area contributed by atoms with E-state index in [0.29, 0.717) is 5.56 Å². The number of rotatable bonds is 4. The molecule has 1 aromatic heterocycles. The molecule has 0 atom stereocenters. The van der Waals surface area contributed by atoms with Gasteiger partial charge in [-0.05, 0) is 44.0 Å². The van der Waals surface area contributed by atoms with Gasteiger partial charge in [-0.2, -0.15) is 0 Å². The van der Waals surface area contributed by atoms with Gasteiger partial charge in [0.1, 0.15) is 0 Å². The Labute approximate surface area is 122 Å². The lowest BCUT2D eigenvalue weighted by Gasteiger charge is -2.07. The SMILES string of the molecule is Cc1nc(SCc2ccc(C(N)=O)cc2)nc(C)c1C. The van der Waals surface area contributed by atoms with Gasteiger partial charge in [0, 0.05) is 22.7 Å². The highest BCUT2D eigenvalue weighted by molar-refractivity contribution is 7.98. The Morgan fingerprint density at radius 2 is 1.65 bits per heavy atom. The first-order valence-electron chi connectivity index (χ1n) is 6.30. The topological polar surface area (TPSA) is 68.9 Å². The van der Waals surface area contributed by atoms with Crippen LogP contribution in [-0.2, 0) is 5.75 Å². The molecule has 0 spiro atoms. The third-order valence-electron chi connectivity index (χ3n) is 3.22. The van der Waals surface area contributed by atoms with E-state index in [-0.39, 0.29) is 0 Å². The van der Waals surface area contributed by atoms with Crippen LogP contribution in [0.2, 0.25) is 0 Å². The maximum absolute atomic E-state index is 11.0. The molecule has 2 N–H and O–H groups in total. The van der Waals surface area contributed by atoms with E-state index in [2.05, 4.69) is 9.97 Å². The van der Waals surface area contributed by atoms with Gasteiger partial charge < -0.3 is 5.73 Å². The summed E-state index contributed by atoms with van der Waals surface area (Å²) in [7, 11) is 0. The van der Waals surface area contributed by atoms with Crippen LogP contribution in [0.1, 0.15) is 32.9 Å². The highest BCUT2D eigenvalue weighted by Gasteiger charge is 2.06. The fourth-order valence-corrected chi connectivity index (χ4v) is 2.61. The van der Waals surface area contributed by atoms with E-state index in [9.17, 15) is 4.79 Å². The minimum atomic E-state index is -0.405. The van der Waals surface area contributed by atoms with E-state index in [0.717, 1.165) is 33.4 Å². The largest absolute Gasteiger partial charge is 0.366 e. The fourth-order valence-electron chi connectivity index (χ4n) is 1.72. The number of carbonyl (C=O) groups is 1. The summed E-state index contributed by atoms with van der Waals surface area (Å²) in [6.45, 7) is 6.02. The normalized spacial score (nSPS) is 10.6. The first kappa shape index (κ1) is 14.5. The van der Waals surface area contributed by atoms with Crippen molar-refractivity contribution in [1.29, 1.82) is 0 Å². The molecule has 0 saturated carbocycles. The van der Waals surface area contributed by atoms with E-state index in [1.54, 1.807) is 23.9 Å². The van der Waals surface area contributed by atoms with E-state index in [1.807, 2.05) is 32.9 Å².